The van der Waals surface area contributed by atoms with Crippen LogP contribution in [0, 0.1) is 11.3 Å². The molecular formula is C27H27F3N4O4. The third kappa shape index (κ3) is 5.02. The standard InChI is InChI=1S/C27H27F3N4O4/c1-5-33(6-2)19-13-12-17(27(28,29)30)14-20(19)34-23(26(36)38-4)22(25(35)37-3)21(18(15-31)24(34)32)16-10-8-7-9-11-16/h7-14,21H,5-6,32H2,1-4H3. The summed E-state index contributed by atoms with van der Waals surface area (Å²) in [6.45, 7) is 4.43. The smallest absolute Gasteiger partial charge is 0.416 e. The Labute approximate surface area is 218 Å². The van der Waals surface area contributed by atoms with Gasteiger partial charge < -0.3 is 20.1 Å². The SMILES string of the molecule is CCN(CC)c1ccc(C(F)(F)F)cc1N1C(N)=C(C#N)C(c2ccccc2)C(C(=O)OC)=C1C(=O)OC. The summed E-state index contributed by atoms with van der Waals surface area (Å²) in [7, 11) is 2.16. The lowest BCUT2D eigenvalue weighted by Gasteiger charge is -2.38. The summed E-state index contributed by atoms with van der Waals surface area (Å²) in [5.74, 6) is -3.47. The van der Waals surface area contributed by atoms with E-state index in [1.54, 1.807) is 35.2 Å². The number of anilines is 2. The third-order valence-electron chi connectivity index (χ3n) is 6.26. The number of hydrogen-bond acceptors (Lipinski definition) is 8. The maximum atomic E-state index is 13.8. The van der Waals surface area contributed by atoms with Crippen LogP contribution in [0.15, 0.2) is 71.2 Å². The van der Waals surface area contributed by atoms with Gasteiger partial charge in [-0.25, -0.2) is 9.59 Å². The summed E-state index contributed by atoms with van der Waals surface area (Å²) in [5.41, 5.74) is 5.18. The fraction of sp³-hybridized carbons (Fsp3) is 0.296. The summed E-state index contributed by atoms with van der Waals surface area (Å²) < 4.78 is 51.5. The van der Waals surface area contributed by atoms with Crippen LogP contribution in [0.25, 0.3) is 0 Å². The molecule has 0 bridgehead atoms. The van der Waals surface area contributed by atoms with Gasteiger partial charge in [0.25, 0.3) is 0 Å². The van der Waals surface area contributed by atoms with Gasteiger partial charge in [0.1, 0.15) is 11.5 Å². The van der Waals surface area contributed by atoms with Gasteiger partial charge in [0.15, 0.2) is 0 Å². The first-order chi connectivity index (χ1) is 18.0. The van der Waals surface area contributed by atoms with Crippen LogP contribution in [-0.2, 0) is 25.2 Å². The number of nitrogens with two attached hydrogens (primary N) is 1. The van der Waals surface area contributed by atoms with E-state index in [1.807, 2.05) is 19.9 Å². The van der Waals surface area contributed by atoms with E-state index < -0.39 is 35.3 Å². The first-order valence-electron chi connectivity index (χ1n) is 11.7. The number of nitriles is 1. The molecule has 8 nitrogen and oxygen atoms in total. The molecule has 2 N–H and O–H groups in total. The van der Waals surface area contributed by atoms with Gasteiger partial charge in [-0.05, 0) is 37.6 Å². The zero-order valence-corrected chi connectivity index (χ0v) is 21.3. The van der Waals surface area contributed by atoms with Crippen LogP contribution < -0.4 is 15.5 Å². The topological polar surface area (TPSA) is 109 Å². The number of rotatable bonds is 7. The largest absolute Gasteiger partial charge is 0.466 e. The molecule has 0 aliphatic carbocycles. The molecule has 1 aliphatic heterocycles. The number of alkyl halides is 3. The predicted octanol–water partition coefficient (Wildman–Crippen LogP) is 4.45. The van der Waals surface area contributed by atoms with Gasteiger partial charge in [-0.15, -0.1) is 0 Å². The van der Waals surface area contributed by atoms with Gasteiger partial charge in [-0.3, -0.25) is 4.90 Å². The molecule has 1 heterocycles. The van der Waals surface area contributed by atoms with Crippen molar-refractivity contribution < 1.29 is 32.2 Å². The Kier molecular flexibility index (Phi) is 8.36. The molecule has 3 rings (SSSR count). The molecule has 0 aromatic heterocycles. The Hall–Kier alpha value is -4.46. The molecule has 0 saturated heterocycles. The maximum absolute atomic E-state index is 13.8. The number of esters is 2. The molecule has 38 heavy (non-hydrogen) atoms. The van der Waals surface area contributed by atoms with Crippen LogP contribution in [0.5, 0.6) is 0 Å². The van der Waals surface area contributed by atoms with Gasteiger partial charge in [-0.2, -0.15) is 18.4 Å². The number of carbonyl (C=O) groups is 2. The average Bonchev–Trinajstić information content (AvgIpc) is 2.92. The van der Waals surface area contributed by atoms with Crippen molar-refractivity contribution in [3.63, 3.8) is 0 Å². The lowest BCUT2D eigenvalue weighted by molar-refractivity contribution is -0.139. The summed E-state index contributed by atoms with van der Waals surface area (Å²) in [6.07, 6.45) is -4.73. The molecule has 0 radical (unpaired) electrons. The fourth-order valence-electron chi connectivity index (χ4n) is 4.47. The quantitative estimate of drug-likeness (QED) is 0.525. The normalized spacial score (nSPS) is 15.7. The van der Waals surface area contributed by atoms with Crippen molar-refractivity contribution in [2.24, 2.45) is 5.73 Å². The third-order valence-corrected chi connectivity index (χ3v) is 6.26. The van der Waals surface area contributed by atoms with Gasteiger partial charge in [0.05, 0.1) is 54.3 Å². The Morgan fingerprint density at radius 1 is 1.05 bits per heavy atom. The van der Waals surface area contributed by atoms with Crippen molar-refractivity contribution in [2.45, 2.75) is 25.9 Å². The van der Waals surface area contributed by atoms with Crippen molar-refractivity contribution in [3.8, 4) is 6.07 Å². The number of nitrogens with zero attached hydrogens (tertiary/aromatic N) is 3. The molecule has 0 amide bonds. The molecule has 0 fully saturated rings. The molecule has 0 spiro atoms. The monoisotopic (exact) mass is 528 g/mol. The highest BCUT2D eigenvalue weighted by atomic mass is 19.4. The fourth-order valence-corrected chi connectivity index (χ4v) is 4.47. The lowest BCUT2D eigenvalue weighted by atomic mass is 9.81. The Bertz CT molecular complexity index is 1330. The maximum Gasteiger partial charge on any atom is 0.416 e. The Balaban J connectivity index is 2.52. The summed E-state index contributed by atoms with van der Waals surface area (Å²) in [5, 5.41) is 10.2. The van der Waals surface area contributed by atoms with Gasteiger partial charge in [-0.1, -0.05) is 30.3 Å². The Morgan fingerprint density at radius 3 is 2.16 bits per heavy atom. The molecule has 2 aromatic rings. The number of ether oxygens (including phenoxy) is 2. The number of methoxy groups -OCH3 is 2. The van der Waals surface area contributed by atoms with Crippen LogP contribution in [0.1, 0.15) is 30.9 Å². The average molecular weight is 529 g/mol. The second-order valence-electron chi connectivity index (χ2n) is 8.21. The van der Waals surface area contributed by atoms with Crippen LogP contribution in [0.2, 0.25) is 0 Å². The minimum atomic E-state index is -4.73. The number of benzene rings is 2. The summed E-state index contributed by atoms with van der Waals surface area (Å²) in [4.78, 5) is 29.2. The van der Waals surface area contributed by atoms with Gasteiger partial charge in [0, 0.05) is 13.1 Å². The van der Waals surface area contributed by atoms with Crippen LogP contribution >= 0.6 is 0 Å². The highest BCUT2D eigenvalue weighted by Gasteiger charge is 2.44. The predicted molar refractivity (Wildman–Crippen MR) is 135 cm³/mol. The van der Waals surface area contributed by atoms with Gasteiger partial charge >= 0.3 is 18.1 Å². The molecule has 1 atom stereocenters. The van der Waals surface area contributed by atoms with Crippen molar-refractivity contribution in [1.29, 1.82) is 5.26 Å². The van der Waals surface area contributed by atoms with E-state index in [0.29, 0.717) is 24.3 Å². The highest BCUT2D eigenvalue weighted by Crippen LogP contribution is 2.46. The molecule has 11 heteroatoms. The van der Waals surface area contributed by atoms with Gasteiger partial charge in [0.2, 0.25) is 0 Å². The number of hydrogen-bond donors (Lipinski definition) is 1. The number of allylic oxidation sites excluding steroid dienone is 1. The Morgan fingerprint density at radius 2 is 1.66 bits per heavy atom. The van der Waals surface area contributed by atoms with E-state index in [0.717, 1.165) is 31.3 Å². The number of carbonyl (C=O) groups excluding carboxylic acids is 2. The highest BCUT2D eigenvalue weighted by molar-refractivity contribution is 6.07. The second-order valence-corrected chi connectivity index (χ2v) is 8.21. The zero-order chi connectivity index (χ0) is 28.2. The summed E-state index contributed by atoms with van der Waals surface area (Å²) >= 11 is 0. The van der Waals surface area contributed by atoms with Crippen molar-refractivity contribution in [1.82, 2.24) is 0 Å². The van der Waals surface area contributed by atoms with E-state index >= 15 is 0 Å². The van der Waals surface area contributed by atoms with Crippen LogP contribution in [0.4, 0.5) is 24.5 Å². The van der Waals surface area contributed by atoms with E-state index in [9.17, 15) is 28.0 Å². The minimum absolute atomic E-state index is 0.146. The first-order valence-corrected chi connectivity index (χ1v) is 11.7. The van der Waals surface area contributed by atoms with Crippen LogP contribution in [0.3, 0.4) is 0 Å². The van der Waals surface area contributed by atoms with Crippen molar-refractivity contribution >= 4 is 23.3 Å². The van der Waals surface area contributed by atoms with Crippen LogP contribution in [-0.4, -0.2) is 39.2 Å². The van der Waals surface area contributed by atoms with Crippen molar-refractivity contribution in [3.05, 3.63) is 82.3 Å². The van der Waals surface area contributed by atoms with E-state index in [-0.39, 0.29) is 22.7 Å². The lowest BCUT2D eigenvalue weighted by Crippen LogP contribution is -2.41. The number of halogens is 3. The van der Waals surface area contributed by atoms with E-state index in [4.69, 9.17) is 15.2 Å². The molecule has 200 valence electrons. The molecule has 1 aliphatic rings. The zero-order valence-electron chi connectivity index (χ0n) is 21.3. The summed E-state index contributed by atoms with van der Waals surface area (Å²) in [6, 6.07) is 13.3. The first kappa shape index (κ1) is 28.1. The molecular weight excluding hydrogens is 501 g/mol. The molecule has 2 aromatic carbocycles. The molecule has 0 saturated carbocycles. The van der Waals surface area contributed by atoms with E-state index in [1.165, 1.54) is 6.07 Å². The minimum Gasteiger partial charge on any atom is -0.466 e. The van der Waals surface area contributed by atoms with Crippen molar-refractivity contribution in [2.75, 3.05) is 37.1 Å². The second kappa shape index (κ2) is 11.3. The molecule has 1 unspecified atom stereocenters. The van der Waals surface area contributed by atoms with E-state index in [2.05, 4.69) is 0 Å².